The summed E-state index contributed by atoms with van der Waals surface area (Å²) in [5.74, 6) is -1.06. The lowest BCUT2D eigenvalue weighted by atomic mass is 10.2. The van der Waals surface area contributed by atoms with E-state index in [9.17, 15) is 9.90 Å². The van der Waals surface area contributed by atoms with E-state index < -0.39 is 12.0 Å². The van der Waals surface area contributed by atoms with Gasteiger partial charge in [-0.15, -0.1) is 0 Å². The molecule has 0 amide bonds. The van der Waals surface area contributed by atoms with Crippen molar-refractivity contribution in [1.82, 2.24) is 0 Å². The fourth-order valence-corrected chi connectivity index (χ4v) is 0.687. The standard InChI is InChI=1S/C5H7NO2/c7-5(8)4-2-1-3-6-4/h3-4H,1-2H2,(H,7,8)/p-1/t4-/m1/s1. The van der Waals surface area contributed by atoms with Crippen LogP contribution >= 0.6 is 0 Å². The average Bonchev–Trinajstić information content (AvgIpc) is 2.12. The van der Waals surface area contributed by atoms with Gasteiger partial charge in [-0.3, -0.25) is 4.99 Å². The van der Waals surface area contributed by atoms with Crippen molar-refractivity contribution in [3.63, 3.8) is 0 Å². The molecular weight excluding hydrogens is 106 g/mol. The van der Waals surface area contributed by atoms with Gasteiger partial charge in [-0.05, 0) is 19.1 Å². The third-order valence-electron chi connectivity index (χ3n) is 1.13. The summed E-state index contributed by atoms with van der Waals surface area (Å²) in [6.45, 7) is 0. The molecule has 3 nitrogen and oxygen atoms in total. The summed E-state index contributed by atoms with van der Waals surface area (Å²) in [6, 6.07) is -0.560. The molecule has 0 spiro atoms. The number of hydrogen-bond donors (Lipinski definition) is 0. The first-order chi connectivity index (χ1) is 3.80. The molecule has 0 saturated heterocycles. The van der Waals surface area contributed by atoms with Gasteiger partial charge < -0.3 is 9.90 Å². The van der Waals surface area contributed by atoms with Gasteiger partial charge in [-0.2, -0.15) is 0 Å². The number of carbonyl (C=O) groups is 1. The average molecular weight is 112 g/mol. The van der Waals surface area contributed by atoms with Gasteiger partial charge in [0.2, 0.25) is 0 Å². The van der Waals surface area contributed by atoms with Crippen molar-refractivity contribution < 1.29 is 9.90 Å². The molecule has 1 atom stereocenters. The SMILES string of the molecule is O=C([O-])[C@H]1CCC=N1. The molecule has 0 aromatic rings. The molecule has 0 fully saturated rings. The van der Waals surface area contributed by atoms with Crippen LogP contribution < -0.4 is 5.11 Å². The van der Waals surface area contributed by atoms with Gasteiger partial charge in [-0.25, -0.2) is 0 Å². The predicted molar refractivity (Wildman–Crippen MR) is 26.5 cm³/mol. The van der Waals surface area contributed by atoms with Gasteiger partial charge in [0, 0.05) is 0 Å². The number of carbonyl (C=O) groups excluding carboxylic acids is 1. The van der Waals surface area contributed by atoms with Crippen LogP contribution in [-0.4, -0.2) is 18.2 Å². The molecule has 1 rings (SSSR count). The van der Waals surface area contributed by atoms with Crippen LogP contribution in [0, 0.1) is 0 Å². The number of nitrogens with zero attached hydrogens (tertiary/aromatic N) is 1. The summed E-state index contributed by atoms with van der Waals surface area (Å²) in [6.07, 6.45) is 3.02. The molecule has 0 unspecified atom stereocenters. The molecule has 0 N–H and O–H groups in total. The lowest BCUT2D eigenvalue weighted by Crippen LogP contribution is -2.32. The van der Waals surface area contributed by atoms with Crippen molar-refractivity contribution in [1.29, 1.82) is 0 Å². The first-order valence-corrected chi connectivity index (χ1v) is 2.53. The van der Waals surface area contributed by atoms with E-state index >= 15 is 0 Å². The third-order valence-corrected chi connectivity index (χ3v) is 1.13. The summed E-state index contributed by atoms with van der Waals surface area (Å²) < 4.78 is 0. The molecule has 0 aliphatic carbocycles. The Labute approximate surface area is 47.0 Å². The zero-order valence-corrected chi connectivity index (χ0v) is 4.33. The van der Waals surface area contributed by atoms with E-state index in [0.717, 1.165) is 6.42 Å². The Morgan fingerprint density at radius 1 is 1.88 bits per heavy atom. The Hall–Kier alpha value is -0.860. The molecular formula is C5H6NO2-. The molecule has 8 heavy (non-hydrogen) atoms. The second kappa shape index (κ2) is 1.94. The fraction of sp³-hybridized carbons (Fsp3) is 0.600. The normalized spacial score (nSPS) is 26.2. The van der Waals surface area contributed by atoms with E-state index in [1.807, 2.05) is 0 Å². The minimum Gasteiger partial charge on any atom is -0.548 e. The van der Waals surface area contributed by atoms with Gasteiger partial charge in [0.05, 0.1) is 12.0 Å². The Morgan fingerprint density at radius 2 is 2.62 bits per heavy atom. The maximum atomic E-state index is 9.98. The minimum atomic E-state index is -1.06. The van der Waals surface area contributed by atoms with Gasteiger partial charge in [0.1, 0.15) is 0 Å². The summed E-state index contributed by atoms with van der Waals surface area (Å²) in [7, 11) is 0. The van der Waals surface area contributed by atoms with E-state index in [1.54, 1.807) is 6.21 Å². The number of rotatable bonds is 1. The van der Waals surface area contributed by atoms with Crippen LogP contribution in [0.3, 0.4) is 0 Å². The number of carboxylic acids is 1. The van der Waals surface area contributed by atoms with E-state index in [0.29, 0.717) is 6.42 Å². The number of hydrogen-bond acceptors (Lipinski definition) is 3. The van der Waals surface area contributed by atoms with E-state index in [4.69, 9.17) is 0 Å². The molecule has 0 saturated carbocycles. The van der Waals surface area contributed by atoms with Crippen LogP contribution in [0.15, 0.2) is 4.99 Å². The second-order valence-corrected chi connectivity index (χ2v) is 1.74. The van der Waals surface area contributed by atoms with Crippen LogP contribution in [0.4, 0.5) is 0 Å². The first-order valence-electron chi connectivity index (χ1n) is 2.53. The maximum Gasteiger partial charge on any atom is 0.0892 e. The number of aliphatic imine (C=N–C) groups is 1. The molecule has 1 aliphatic heterocycles. The highest BCUT2D eigenvalue weighted by Crippen LogP contribution is 2.05. The van der Waals surface area contributed by atoms with Gasteiger partial charge >= 0.3 is 0 Å². The van der Waals surface area contributed by atoms with Crippen LogP contribution in [0.5, 0.6) is 0 Å². The van der Waals surface area contributed by atoms with Gasteiger partial charge in [0.25, 0.3) is 0 Å². The molecule has 1 aliphatic rings. The minimum absolute atomic E-state index is 0.560. The lowest BCUT2D eigenvalue weighted by Gasteiger charge is -2.04. The smallest absolute Gasteiger partial charge is 0.0892 e. The molecule has 3 heteroatoms. The fourth-order valence-electron chi connectivity index (χ4n) is 0.687. The van der Waals surface area contributed by atoms with Crippen LogP contribution in [0.25, 0.3) is 0 Å². The van der Waals surface area contributed by atoms with Crippen LogP contribution in [0.1, 0.15) is 12.8 Å². The highest BCUT2D eigenvalue weighted by molar-refractivity contribution is 5.77. The highest BCUT2D eigenvalue weighted by Gasteiger charge is 2.09. The maximum absolute atomic E-state index is 9.98. The molecule has 0 bridgehead atoms. The monoisotopic (exact) mass is 112 g/mol. The zero-order valence-electron chi connectivity index (χ0n) is 4.33. The molecule has 1 heterocycles. The van der Waals surface area contributed by atoms with Crippen molar-refractivity contribution in [3.05, 3.63) is 0 Å². The highest BCUT2D eigenvalue weighted by atomic mass is 16.4. The first kappa shape index (κ1) is 5.28. The third kappa shape index (κ3) is 0.857. The number of carboxylic acid groups (broad SMARTS) is 1. The van der Waals surface area contributed by atoms with E-state index in [1.165, 1.54) is 0 Å². The van der Waals surface area contributed by atoms with Crippen molar-refractivity contribution in [2.75, 3.05) is 0 Å². The quantitative estimate of drug-likeness (QED) is 0.435. The Balaban J connectivity index is 2.48. The van der Waals surface area contributed by atoms with Crippen molar-refractivity contribution in [2.45, 2.75) is 18.9 Å². The second-order valence-electron chi connectivity index (χ2n) is 1.74. The lowest BCUT2D eigenvalue weighted by molar-refractivity contribution is -0.307. The largest absolute Gasteiger partial charge is 0.548 e. The predicted octanol–water partition coefficient (Wildman–Crippen LogP) is -1.03. The summed E-state index contributed by atoms with van der Waals surface area (Å²) >= 11 is 0. The molecule has 0 aromatic heterocycles. The van der Waals surface area contributed by atoms with E-state index in [-0.39, 0.29) is 0 Å². The van der Waals surface area contributed by atoms with Gasteiger partial charge in [-0.1, -0.05) is 0 Å². The topological polar surface area (TPSA) is 52.5 Å². The van der Waals surface area contributed by atoms with Crippen molar-refractivity contribution in [3.8, 4) is 0 Å². The summed E-state index contributed by atoms with van der Waals surface area (Å²) in [4.78, 5) is 13.6. The Morgan fingerprint density at radius 3 is 2.88 bits per heavy atom. The van der Waals surface area contributed by atoms with E-state index in [2.05, 4.69) is 4.99 Å². The molecule has 44 valence electrons. The van der Waals surface area contributed by atoms with Crippen molar-refractivity contribution >= 4 is 12.2 Å². The summed E-state index contributed by atoms with van der Waals surface area (Å²) in [5.41, 5.74) is 0. The number of aliphatic carboxylic acids is 1. The molecule has 0 aromatic carbocycles. The van der Waals surface area contributed by atoms with Crippen LogP contribution in [-0.2, 0) is 4.79 Å². The molecule has 0 radical (unpaired) electrons. The summed E-state index contributed by atoms with van der Waals surface area (Å²) in [5, 5.41) is 9.98. The zero-order chi connectivity index (χ0) is 5.98. The Bertz CT molecular complexity index is 130. The van der Waals surface area contributed by atoms with Crippen molar-refractivity contribution in [2.24, 2.45) is 4.99 Å². The van der Waals surface area contributed by atoms with Gasteiger partial charge in [0.15, 0.2) is 0 Å². The Kier molecular flexibility index (Phi) is 1.28. The van der Waals surface area contributed by atoms with Crippen LogP contribution in [0.2, 0.25) is 0 Å².